The van der Waals surface area contributed by atoms with Gasteiger partial charge in [0.1, 0.15) is 16.5 Å². The minimum atomic E-state index is 0.442. The highest BCUT2D eigenvalue weighted by Crippen LogP contribution is 2.14. The summed E-state index contributed by atoms with van der Waals surface area (Å²) in [7, 11) is 2.05. The van der Waals surface area contributed by atoms with Gasteiger partial charge in [0.2, 0.25) is 0 Å². The zero-order chi connectivity index (χ0) is 13.8. The van der Waals surface area contributed by atoms with E-state index in [-0.39, 0.29) is 0 Å². The average molecular weight is 274 g/mol. The first-order valence-corrected chi connectivity index (χ1v) is 6.58. The van der Waals surface area contributed by atoms with Crippen molar-refractivity contribution in [2.45, 2.75) is 20.0 Å². The Hall–Kier alpha value is -1.65. The molecular weight excluding hydrogens is 256 g/mol. The van der Waals surface area contributed by atoms with Crippen LogP contribution in [0, 0.1) is 6.92 Å². The van der Waals surface area contributed by atoms with E-state index in [9.17, 15) is 0 Å². The summed E-state index contributed by atoms with van der Waals surface area (Å²) >= 11 is 5.08. The summed E-state index contributed by atoms with van der Waals surface area (Å²) in [6.07, 6.45) is 0. The van der Waals surface area contributed by atoms with Gasteiger partial charge in [-0.1, -0.05) is 36.5 Å². The molecule has 0 radical (unpaired) electrons. The maximum Gasteiger partial charge on any atom is 0.118 e. The third-order valence-electron chi connectivity index (χ3n) is 2.94. The fourth-order valence-electron chi connectivity index (χ4n) is 2.08. The molecule has 0 amide bonds. The number of rotatable bonds is 5. The Morgan fingerprint density at radius 3 is 2.58 bits per heavy atom. The van der Waals surface area contributed by atoms with Gasteiger partial charge >= 0.3 is 0 Å². The highest BCUT2D eigenvalue weighted by atomic mass is 32.1. The Labute approximate surface area is 119 Å². The molecule has 0 unspecified atom stereocenters. The lowest BCUT2D eigenvalue weighted by Crippen LogP contribution is -2.20. The van der Waals surface area contributed by atoms with Crippen molar-refractivity contribution in [2.24, 2.45) is 5.73 Å². The lowest BCUT2D eigenvalue weighted by atomic mass is 10.1. The number of nitrogens with zero attached hydrogens (tertiary/aromatic N) is 1. The molecular formula is C15H18N2OS. The Bertz CT molecular complexity index is 577. The van der Waals surface area contributed by atoms with E-state index in [0.29, 0.717) is 4.99 Å². The molecule has 0 spiro atoms. The Morgan fingerprint density at radius 2 is 1.95 bits per heavy atom. The smallest absolute Gasteiger partial charge is 0.118 e. The van der Waals surface area contributed by atoms with Crippen molar-refractivity contribution in [3.05, 3.63) is 59.0 Å². The number of hydrogen-bond donors (Lipinski definition) is 1. The second-order valence-corrected chi connectivity index (χ2v) is 5.15. The summed E-state index contributed by atoms with van der Waals surface area (Å²) in [5, 5.41) is 0. The van der Waals surface area contributed by atoms with E-state index in [2.05, 4.69) is 11.0 Å². The Morgan fingerprint density at radius 1 is 1.21 bits per heavy atom. The molecule has 0 saturated carbocycles. The van der Waals surface area contributed by atoms with E-state index in [0.717, 1.165) is 35.7 Å². The van der Waals surface area contributed by atoms with Crippen molar-refractivity contribution in [1.82, 2.24) is 4.90 Å². The van der Waals surface area contributed by atoms with Crippen LogP contribution in [-0.4, -0.2) is 16.9 Å². The monoisotopic (exact) mass is 274 g/mol. The summed E-state index contributed by atoms with van der Waals surface area (Å²) in [6, 6.07) is 12.0. The van der Waals surface area contributed by atoms with Crippen molar-refractivity contribution in [2.75, 3.05) is 7.05 Å². The van der Waals surface area contributed by atoms with Crippen LogP contribution in [0.25, 0.3) is 0 Å². The summed E-state index contributed by atoms with van der Waals surface area (Å²) < 4.78 is 5.58. The molecule has 0 fully saturated rings. The van der Waals surface area contributed by atoms with Gasteiger partial charge in [-0.15, -0.1) is 0 Å². The van der Waals surface area contributed by atoms with Crippen molar-refractivity contribution < 1.29 is 4.42 Å². The average Bonchev–Trinajstić information content (AvgIpc) is 2.75. The fourth-order valence-corrected chi connectivity index (χ4v) is 2.28. The molecule has 19 heavy (non-hydrogen) atoms. The maximum atomic E-state index is 5.74. The molecule has 0 aliphatic rings. The van der Waals surface area contributed by atoms with Crippen molar-refractivity contribution in [3.8, 4) is 0 Å². The summed E-state index contributed by atoms with van der Waals surface area (Å²) in [5.41, 5.74) is 7.82. The second-order valence-electron chi connectivity index (χ2n) is 4.71. The second kappa shape index (κ2) is 5.99. The molecule has 0 atom stereocenters. The van der Waals surface area contributed by atoms with Crippen LogP contribution in [0.15, 0.2) is 40.8 Å². The van der Waals surface area contributed by atoms with E-state index in [1.54, 1.807) is 0 Å². The minimum absolute atomic E-state index is 0.442. The van der Waals surface area contributed by atoms with Crippen molar-refractivity contribution in [1.29, 1.82) is 0 Å². The number of thiocarbonyl (C=S) groups is 1. The number of hydrogen-bond acceptors (Lipinski definition) is 3. The van der Waals surface area contributed by atoms with E-state index < -0.39 is 0 Å². The summed E-state index contributed by atoms with van der Waals surface area (Å²) in [6.45, 7) is 3.50. The van der Waals surface area contributed by atoms with Gasteiger partial charge in [-0.25, -0.2) is 0 Å². The molecule has 4 heteroatoms. The van der Waals surface area contributed by atoms with Crippen LogP contribution >= 0.6 is 12.2 Å². The van der Waals surface area contributed by atoms with Gasteiger partial charge in [0.05, 0.1) is 6.54 Å². The largest absolute Gasteiger partial charge is 0.465 e. The van der Waals surface area contributed by atoms with Crippen LogP contribution in [0.5, 0.6) is 0 Å². The predicted molar refractivity (Wildman–Crippen MR) is 80.9 cm³/mol. The van der Waals surface area contributed by atoms with E-state index in [1.165, 1.54) is 0 Å². The van der Waals surface area contributed by atoms with Gasteiger partial charge < -0.3 is 10.2 Å². The van der Waals surface area contributed by atoms with Crippen molar-refractivity contribution in [3.63, 3.8) is 0 Å². The van der Waals surface area contributed by atoms with E-state index >= 15 is 0 Å². The van der Waals surface area contributed by atoms with Gasteiger partial charge in [-0.3, -0.25) is 4.90 Å². The zero-order valence-electron chi connectivity index (χ0n) is 11.2. The molecule has 1 aromatic heterocycles. The van der Waals surface area contributed by atoms with E-state index in [4.69, 9.17) is 22.4 Å². The molecule has 1 aromatic carbocycles. The standard InChI is InChI=1S/C15H18N2OS/c1-11-7-8-13(18-11)10-17(2)9-12-5-3-4-6-14(12)15(16)19/h3-8H,9-10H2,1-2H3,(H2,16,19). The highest BCUT2D eigenvalue weighted by molar-refractivity contribution is 7.80. The summed E-state index contributed by atoms with van der Waals surface area (Å²) in [4.78, 5) is 2.62. The predicted octanol–water partition coefficient (Wildman–Crippen LogP) is 2.85. The van der Waals surface area contributed by atoms with E-state index in [1.807, 2.05) is 44.3 Å². The molecule has 3 nitrogen and oxygen atoms in total. The van der Waals surface area contributed by atoms with Gasteiger partial charge in [0, 0.05) is 12.1 Å². The lowest BCUT2D eigenvalue weighted by Gasteiger charge is -2.17. The SMILES string of the molecule is Cc1ccc(CN(C)Cc2ccccc2C(N)=S)o1. The van der Waals surface area contributed by atoms with Crippen LogP contribution in [-0.2, 0) is 13.1 Å². The van der Waals surface area contributed by atoms with Crippen LogP contribution < -0.4 is 5.73 Å². The number of nitrogens with two attached hydrogens (primary N) is 1. The molecule has 2 rings (SSSR count). The van der Waals surface area contributed by atoms with Crippen molar-refractivity contribution >= 4 is 17.2 Å². The first kappa shape index (κ1) is 13.8. The van der Waals surface area contributed by atoms with Crippen LogP contribution in [0.3, 0.4) is 0 Å². The quantitative estimate of drug-likeness (QED) is 0.851. The maximum absolute atomic E-state index is 5.74. The fraction of sp³-hybridized carbons (Fsp3) is 0.267. The molecule has 0 bridgehead atoms. The van der Waals surface area contributed by atoms with Gasteiger partial charge in [-0.05, 0) is 31.7 Å². The van der Waals surface area contributed by atoms with Crippen LogP contribution in [0.1, 0.15) is 22.6 Å². The highest BCUT2D eigenvalue weighted by Gasteiger charge is 2.09. The van der Waals surface area contributed by atoms with Gasteiger partial charge in [0.25, 0.3) is 0 Å². The molecule has 2 N–H and O–H groups in total. The third kappa shape index (κ3) is 3.66. The first-order chi connectivity index (χ1) is 9.06. The molecule has 0 saturated heterocycles. The minimum Gasteiger partial charge on any atom is -0.465 e. The molecule has 1 heterocycles. The molecule has 0 aliphatic carbocycles. The van der Waals surface area contributed by atoms with Gasteiger partial charge in [-0.2, -0.15) is 0 Å². The summed E-state index contributed by atoms with van der Waals surface area (Å²) in [5.74, 6) is 1.90. The normalized spacial score (nSPS) is 10.9. The molecule has 0 aliphatic heterocycles. The topological polar surface area (TPSA) is 42.4 Å². The first-order valence-electron chi connectivity index (χ1n) is 6.18. The van der Waals surface area contributed by atoms with Gasteiger partial charge in [0.15, 0.2) is 0 Å². The Balaban J connectivity index is 2.06. The Kier molecular flexibility index (Phi) is 4.35. The van der Waals surface area contributed by atoms with Crippen LogP contribution in [0.4, 0.5) is 0 Å². The number of benzene rings is 1. The number of furan rings is 1. The zero-order valence-corrected chi connectivity index (χ0v) is 12.0. The third-order valence-corrected chi connectivity index (χ3v) is 3.16. The molecule has 2 aromatic rings. The number of aryl methyl sites for hydroxylation is 1. The lowest BCUT2D eigenvalue weighted by molar-refractivity contribution is 0.285. The van der Waals surface area contributed by atoms with Crippen LogP contribution in [0.2, 0.25) is 0 Å². The molecule has 100 valence electrons.